The van der Waals surface area contributed by atoms with E-state index in [2.05, 4.69) is 136 Å². The van der Waals surface area contributed by atoms with Gasteiger partial charge < -0.3 is 4.79 Å². The summed E-state index contributed by atoms with van der Waals surface area (Å²) in [5.41, 5.74) is 5.73. The SMILES string of the molecule is C=C(CCC(C)=O)C(C)=O.CCCC(CC(S)c1ccccc1)C(C)=O.CCCC(CC(SC(C)=O)c1ccccc1)C(C)=O.CCCC(CC1(c2ccccc2)SCCCS1)C(C)=O.c1ccc(C2SCCCS2)cc1. The van der Waals surface area contributed by atoms with Gasteiger partial charge in [0.25, 0.3) is 0 Å². The second-order valence-corrected chi connectivity index (χ2v) is 27.5. The molecule has 0 aromatic heterocycles. The van der Waals surface area contributed by atoms with Gasteiger partial charge in [0, 0.05) is 41.6 Å². The molecular weight excluding hydrogens is 1070 g/mol. The van der Waals surface area contributed by atoms with Gasteiger partial charge in [-0.1, -0.05) is 180 Å². The average molecular weight is 1160 g/mol. The van der Waals surface area contributed by atoms with E-state index in [1.165, 1.54) is 78.2 Å². The summed E-state index contributed by atoms with van der Waals surface area (Å²) in [5.74, 6) is 6.44. The molecule has 2 saturated heterocycles. The zero-order chi connectivity index (χ0) is 57.0. The third-order valence-corrected chi connectivity index (χ3v) is 21.2. The number of allylic oxidation sites excluding steroid dienone is 1. The molecule has 0 N–H and O–H groups in total. The molecule has 2 aliphatic heterocycles. The predicted molar refractivity (Wildman–Crippen MR) is 343 cm³/mol. The van der Waals surface area contributed by atoms with Crippen LogP contribution >= 0.6 is 71.4 Å². The molecule has 77 heavy (non-hydrogen) atoms. The first-order valence-corrected chi connectivity index (χ1v) is 33.1. The number of rotatable bonds is 24. The molecule has 6 rings (SSSR count). The smallest absolute Gasteiger partial charge is 0.186 e. The summed E-state index contributed by atoms with van der Waals surface area (Å²) in [6.07, 6.45) is 12.2. The van der Waals surface area contributed by atoms with Crippen molar-refractivity contribution < 1.29 is 28.8 Å². The second kappa shape index (κ2) is 40.8. The van der Waals surface area contributed by atoms with Crippen LogP contribution < -0.4 is 0 Å². The first-order valence-electron chi connectivity index (χ1n) is 27.6. The molecule has 4 aromatic carbocycles. The van der Waals surface area contributed by atoms with Crippen molar-refractivity contribution in [1.82, 2.24) is 0 Å². The predicted octanol–water partition coefficient (Wildman–Crippen LogP) is 18.6. The fourth-order valence-electron chi connectivity index (χ4n) is 8.71. The highest BCUT2D eigenvalue weighted by molar-refractivity contribution is 8.18. The highest BCUT2D eigenvalue weighted by atomic mass is 32.2. The van der Waals surface area contributed by atoms with Crippen molar-refractivity contribution in [2.24, 2.45) is 17.8 Å². The minimum absolute atomic E-state index is 0.0266. The Balaban J connectivity index is 0.000000336. The van der Waals surface area contributed by atoms with Crippen LogP contribution in [0.25, 0.3) is 0 Å². The van der Waals surface area contributed by atoms with Gasteiger partial charge in [-0.2, -0.15) is 12.6 Å². The number of hydrogen-bond acceptors (Lipinski definition) is 12. The molecule has 0 spiro atoms. The zero-order valence-corrected chi connectivity index (χ0v) is 52.7. The van der Waals surface area contributed by atoms with Gasteiger partial charge in [0.15, 0.2) is 10.9 Å². The summed E-state index contributed by atoms with van der Waals surface area (Å²) in [7, 11) is 0. The fraction of sp³-hybridized carbons (Fsp3) is 0.508. The van der Waals surface area contributed by atoms with Crippen LogP contribution in [0.4, 0.5) is 0 Å². The molecule has 6 nitrogen and oxygen atoms in total. The Labute approximate surface area is 492 Å². The van der Waals surface area contributed by atoms with Crippen LogP contribution in [0.1, 0.15) is 183 Å². The highest BCUT2D eigenvalue weighted by Gasteiger charge is 2.38. The van der Waals surface area contributed by atoms with E-state index in [-0.39, 0.29) is 60.6 Å². The van der Waals surface area contributed by atoms with E-state index >= 15 is 0 Å². The van der Waals surface area contributed by atoms with Crippen LogP contribution in [0.3, 0.4) is 0 Å². The number of carbonyl (C=O) groups is 6. The van der Waals surface area contributed by atoms with Crippen molar-refractivity contribution in [3.63, 3.8) is 0 Å². The third-order valence-electron chi connectivity index (χ3n) is 13.2. The van der Waals surface area contributed by atoms with E-state index in [1.807, 2.05) is 72.1 Å². The quantitative estimate of drug-likeness (QED) is 0.0536. The first kappa shape index (κ1) is 69.8. The maximum absolute atomic E-state index is 12.0. The van der Waals surface area contributed by atoms with Gasteiger partial charge in [-0.05, 0) is 143 Å². The lowest BCUT2D eigenvalue weighted by Crippen LogP contribution is -2.28. The van der Waals surface area contributed by atoms with Gasteiger partial charge >= 0.3 is 0 Å². The minimum atomic E-state index is -0.0266. The number of carbonyl (C=O) groups excluding carboxylic acids is 6. The van der Waals surface area contributed by atoms with E-state index in [0.29, 0.717) is 28.8 Å². The number of Topliss-reactive ketones (excluding diaryl/α,β-unsaturated/α-hetero) is 5. The van der Waals surface area contributed by atoms with Gasteiger partial charge in [0.1, 0.15) is 23.1 Å². The Morgan fingerprint density at radius 3 is 1.44 bits per heavy atom. The van der Waals surface area contributed by atoms with Crippen LogP contribution in [0.5, 0.6) is 0 Å². The molecule has 5 atom stereocenters. The van der Waals surface area contributed by atoms with Gasteiger partial charge in [0.05, 0.1) is 8.66 Å². The van der Waals surface area contributed by atoms with E-state index in [4.69, 9.17) is 0 Å². The third kappa shape index (κ3) is 29.2. The Hall–Kier alpha value is -3.26. The van der Waals surface area contributed by atoms with E-state index in [9.17, 15) is 28.8 Å². The molecular formula is C65H90O6S6. The molecule has 2 aliphatic rings. The van der Waals surface area contributed by atoms with Gasteiger partial charge in [-0.25, -0.2) is 0 Å². The van der Waals surface area contributed by atoms with E-state index < -0.39 is 0 Å². The number of thioether (sulfide) groups is 5. The molecule has 5 unspecified atom stereocenters. The molecule has 0 aliphatic carbocycles. The average Bonchev–Trinajstić information content (AvgIpc) is 3.44. The van der Waals surface area contributed by atoms with Crippen LogP contribution in [0.2, 0.25) is 0 Å². The lowest BCUT2D eigenvalue weighted by Gasteiger charge is -2.38. The Morgan fingerprint density at radius 1 is 0.571 bits per heavy atom. The van der Waals surface area contributed by atoms with Crippen LogP contribution in [-0.2, 0) is 32.8 Å². The number of thiol groups is 1. The molecule has 422 valence electrons. The Bertz CT molecular complexity index is 2300. The molecule has 0 radical (unpaired) electrons. The van der Waals surface area contributed by atoms with Crippen molar-refractivity contribution in [3.8, 4) is 0 Å². The van der Waals surface area contributed by atoms with Crippen molar-refractivity contribution in [1.29, 1.82) is 0 Å². The maximum Gasteiger partial charge on any atom is 0.186 e. The number of benzene rings is 4. The monoisotopic (exact) mass is 1160 g/mol. The van der Waals surface area contributed by atoms with Crippen LogP contribution in [-0.4, -0.2) is 57.0 Å². The maximum atomic E-state index is 12.0. The van der Waals surface area contributed by atoms with Crippen LogP contribution in [0, 0.1) is 17.8 Å². The standard InChI is InChI=1S/C17H24OS2.C16H22O2S.C14H20OS.C10H12S2.C8H12O2/c1-3-8-15(14(2)18)13-17(19-11-7-12-20-17)16-9-5-4-6-10-16;1-4-8-15(12(2)17)11-16(19-13(3)18)14-9-6-5-7-10-14;1-3-7-13(11(2)15)10-14(16)12-8-5-4-6-9-12;1-2-5-9(6-3-1)10-11-7-4-8-12-10;1-6(8(3)10)4-5-7(2)9/h4-6,9-10,15H,3,7-8,11-13H2,1-2H3;5-7,9-10,15-16H,4,8,11H2,1-3H3;4-6,8-9,13-14,16H,3,7,10H2,1-2H3;1-3,5-6,10H,4,7-8H2;1,4-5H2,2-3H3. The normalized spacial score (nSPS) is 15.7. The van der Waals surface area contributed by atoms with Crippen molar-refractivity contribution in [2.75, 3.05) is 23.0 Å². The van der Waals surface area contributed by atoms with Crippen molar-refractivity contribution >= 4 is 105 Å². The van der Waals surface area contributed by atoms with Crippen molar-refractivity contribution in [2.45, 2.75) is 165 Å². The molecule has 2 fully saturated rings. The van der Waals surface area contributed by atoms with E-state index in [1.54, 1.807) is 27.7 Å². The Kier molecular flexibility index (Phi) is 37.0. The van der Waals surface area contributed by atoms with Crippen LogP contribution in [0.15, 0.2) is 133 Å². The zero-order valence-electron chi connectivity index (χ0n) is 47.7. The van der Waals surface area contributed by atoms with Gasteiger partial charge in [-0.15, -0.1) is 47.0 Å². The summed E-state index contributed by atoms with van der Waals surface area (Å²) in [6.45, 7) is 19.6. The lowest BCUT2D eigenvalue weighted by molar-refractivity contribution is -0.122. The summed E-state index contributed by atoms with van der Waals surface area (Å²) in [5, 5.41) is 0.355. The topological polar surface area (TPSA) is 102 Å². The summed E-state index contributed by atoms with van der Waals surface area (Å²) in [6, 6.07) is 41.7. The molecule has 2 heterocycles. The highest BCUT2D eigenvalue weighted by Crippen LogP contribution is 2.54. The molecule has 0 amide bonds. The van der Waals surface area contributed by atoms with Crippen molar-refractivity contribution in [3.05, 3.63) is 156 Å². The van der Waals surface area contributed by atoms with Gasteiger partial charge in [-0.3, -0.25) is 24.0 Å². The number of ketones is 5. The molecule has 0 saturated carbocycles. The summed E-state index contributed by atoms with van der Waals surface area (Å²) in [4.78, 5) is 67.5. The summed E-state index contributed by atoms with van der Waals surface area (Å²) < 4.78 is 0.783. The lowest BCUT2D eigenvalue weighted by atomic mass is 9.91. The molecule has 0 bridgehead atoms. The first-order chi connectivity index (χ1) is 36.9. The minimum Gasteiger partial charge on any atom is -0.300 e. The number of hydrogen-bond donors (Lipinski definition) is 1. The summed E-state index contributed by atoms with van der Waals surface area (Å²) >= 11 is 14.2. The fourth-order valence-corrected chi connectivity index (χ4v) is 16.6. The molecule has 4 aromatic rings. The van der Waals surface area contributed by atoms with Gasteiger partial charge in [0.2, 0.25) is 0 Å². The molecule has 12 heteroatoms. The second-order valence-electron chi connectivity index (χ2n) is 19.8. The largest absolute Gasteiger partial charge is 0.300 e. The Morgan fingerprint density at radius 2 is 1.00 bits per heavy atom. The van der Waals surface area contributed by atoms with E-state index in [0.717, 1.165) is 63.4 Å².